The number of fused-ring (bicyclic) bond motifs is 1. The standard InChI is InChI=1S/C35H40ClN5O3/c1-23-7-8-30(29(36)17-23)38(3)27-6-4-5-26(20-27)35(10-11-35)40-14-12-39(13-15-40)22-32-37-33-24(2)18-25(34(42)43)19-31(33)41(32)21-28-9-16-44-28/h4-8,17-20,28H,9-16,21-22H2,1-3H3,(H,42,43)/t28-/m0/s1. The highest BCUT2D eigenvalue weighted by Gasteiger charge is 2.50. The first-order chi connectivity index (χ1) is 21.2. The van der Waals surface area contributed by atoms with E-state index in [1.807, 2.05) is 13.0 Å². The summed E-state index contributed by atoms with van der Waals surface area (Å²) in [6, 6.07) is 18.7. The number of carboxylic acids is 1. The second-order valence-corrected chi connectivity index (χ2v) is 13.2. The molecule has 0 spiro atoms. The van der Waals surface area contributed by atoms with E-state index >= 15 is 0 Å². The van der Waals surface area contributed by atoms with E-state index in [9.17, 15) is 9.90 Å². The maximum atomic E-state index is 11.8. The number of halogens is 1. The van der Waals surface area contributed by atoms with Gasteiger partial charge >= 0.3 is 5.97 Å². The van der Waals surface area contributed by atoms with Gasteiger partial charge in [0.05, 0.1) is 46.5 Å². The molecular weight excluding hydrogens is 574 g/mol. The average Bonchev–Trinajstić information content (AvgIpc) is 3.73. The molecule has 0 amide bonds. The minimum Gasteiger partial charge on any atom is -0.478 e. The number of aromatic nitrogens is 2. The topological polar surface area (TPSA) is 74.1 Å². The van der Waals surface area contributed by atoms with Gasteiger partial charge in [0, 0.05) is 51.1 Å². The Labute approximate surface area is 263 Å². The molecule has 1 saturated carbocycles. The Hall–Kier alpha value is -3.43. The van der Waals surface area contributed by atoms with Gasteiger partial charge < -0.3 is 19.3 Å². The normalized spacial score (nSPS) is 20.0. The number of ether oxygens (including phenoxy) is 1. The van der Waals surface area contributed by atoms with Crippen molar-refractivity contribution in [3.63, 3.8) is 0 Å². The summed E-state index contributed by atoms with van der Waals surface area (Å²) in [5.74, 6) is 0.0756. The van der Waals surface area contributed by atoms with E-state index in [2.05, 4.69) is 69.6 Å². The Kier molecular flexibility index (Phi) is 7.65. The molecule has 44 heavy (non-hydrogen) atoms. The van der Waals surface area contributed by atoms with Gasteiger partial charge in [-0.25, -0.2) is 9.78 Å². The van der Waals surface area contributed by atoms with Crippen LogP contribution in [0.5, 0.6) is 0 Å². The minimum absolute atomic E-state index is 0.0963. The summed E-state index contributed by atoms with van der Waals surface area (Å²) in [5, 5.41) is 10.4. The van der Waals surface area contributed by atoms with Crippen LogP contribution in [0.25, 0.3) is 11.0 Å². The van der Waals surface area contributed by atoms with Gasteiger partial charge in [-0.3, -0.25) is 9.80 Å². The molecule has 0 radical (unpaired) electrons. The van der Waals surface area contributed by atoms with E-state index in [1.54, 1.807) is 12.1 Å². The van der Waals surface area contributed by atoms with Crippen molar-refractivity contribution in [2.75, 3.05) is 44.7 Å². The van der Waals surface area contributed by atoms with Crippen LogP contribution in [0.15, 0.2) is 54.6 Å². The third-order valence-electron chi connectivity index (χ3n) is 9.85. The number of carbonyl (C=O) groups is 1. The lowest BCUT2D eigenvalue weighted by Crippen LogP contribution is -2.50. The molecule has 3 aromatic carbocycles. The quantitative estimate of drug-likeness (QED) is 0.235. The van der Waals surface area contributed by atoms with Gasteiger partial charge in [-0.05, 0) is 86.2 Å². The number of anilines is 2. The van der Waals surface area contributed by atoms with Crippen molar-refractivity contribution in [3.8, 4) is 0 Å². The molecule has 9 heteroatoms. The third-order valence-corrected chi connectivity index (χ3v) is 10.2. The van der Waals surface area contributed by atoms with Crippen molar-refractivity contribution in [1.82, 2.24) is 19.4 Å². The van der Waals surface area contributed by atoms with Crippen molar-refractivity contribution < 1.29 is 14.6 Å². The molecule has 8 nitrogen and oxygen atoms in total. The molecule has 1 N–H and O–H groups in total. The highest BCUT2D eigenvalue weighted by Crippen LogP contribution is 2.52. The lowest BCUT2D eigenvalue weighted by Gasteiger charge is -2.40. The smallest absolute Gasteiger partial charge is 0.335 e. The predicted octanol–water partition coefficient (Wildman–Crippen LogP) is 6.37. The zero-order chi connectivity index (χ0) is 30.6. The number of rotatable bonds is 9. The monoisotopic (exact) mass is 613 g/mol. The summed E-state index contributed by atoms with van der Waals surface area (Å²) in [6.45, 7) is 10.2. The number of nitrogens with zero attached hydrogens (tertiary/aromatic N) is 5. The van der Waals surface area contributed by atoms with Crippen LogP contribution in [0.2, 0.25) is 5.02 Å². The number of carboxylic acid groups (broad SMARTS) is 1. The number of aromatic carboxylic acids is 1. The Morgan fingerprint density at radius 3 is 2.52 bits per heavy atom. The van der Waals surface area contributed by atoms with Gasteiger partial charge in [-0.2, -0.15) is 0 Å². The molecule has 3 fully saturated rings. The number of aryl methyl sites for hydroxylation is 2. The van der Waals surface area contributed by atoms with Crippen LogP contribution in [-0.4, -0.2) is 76.4 Å². The Balaban J connectivity index is 1.07. The Morgan fingerprint density at radius 2 is 1.86 bits per heavy atom. The fraction of sp³-hybridized carbons (Fsp3) is 0.429. The molecule has 2 saturated heterocycles. The second kappa shape index (κ2) is 11.5. The van der Waals surface area contributed by atoms with Gasteiger partial charge in [-0.1, -0.05) is 29.8 Å². The van der Waals surface area contributed by atoms with Crippen molar-refractivity contribution in [3.05, 3.63) is 87.7 Å². The van der Waals surface area contributed by atoms with E-state index in [0.29, 0.717) is 12.1 Å². The fourth-order valence-corrected chi connectivity index (χ4v) is 7.35. The molecule has 230 valence electrons. The molecule has 0 unspecified atom stereocenters. The lowest BCUT2D eigenvalue weighted by atomic mass is 10.0. The maximum absolute atomic E-state index is 11.8. The van der Waals surface area contributed by atoms with Crippen molar-refractivity contribution in [1.29, 1.82) is 0 Å². The van der Waals surface area contributed by atoms with Crippen molar-refractivity contribution >= 4 is 40.0 Å². The number of benzene rings is 3. The zero-order valence-corrected chi connectivity index (χ0v) is 26.5. The van der Waals surface area contributed by atoms with E-state index in [1.165, 1.54) is 18.4 Å². The number of imidazole rings is 1. The number of hydrogen-bond donors (Lipinski definition) is 1. The van der Waals surface area contributed by atoms with E-state index in [4.69, 9.17) is 21.3 Å². The number of hydrogen-bond acceptors (Lipinski definition) is 6. The zero-order valence-electron chi connectivity index (χ0n) is 25.7. The van der Waals surface area contributed by atoms with E-state index in [-0.39, 0.29) is 11.6 Å². The molecule has 2 aliphatic heterocycles. The predicted molar refractivity (Wildman–Crippen MR) is 174 cm³/mol. The Bertz CT molecular complexity index is 1720. The molecule has 4 aromatic rings. The summed E-state index contributed by atoms with van der Waals surface area (Å²) < 4.78 is 7.97. The minimum atomic E-state index is -0.912. The van der Waals surface area contributed by atoms with Crippen LogP contribution in [0.1, 0.15) is 52.1 Å². The van der Waals surface area contributed by atoms with Gasteiger partial charge in [-0.15, -0.1) is 0 Å². The molecule has 7 rings (SSSR count). The van der Waals surface area contributed by atoms with Gasteiger partial charge in [0.25, 0.3) is 0 Å². The largest absolute Gasteiger partial charge is 0.478 e. The van der Waals surface area contributed by atoms with Crippen LogP contribution in [-0.2, 0) is 23.4 Å². The average molecular weight is 614 g/mol. The molecular formula is C35H40ClN5O3. The van der Waals surface area contributed by atoms with Crippen LogP contribution >= 0.6 is 11.6 Å². The molecule has 1 aromatic heterocycles. The fourth-order valence-electron chi connectivity index (χ4n) is 6.99. The van der Waals surface area contributed by atoms with Gasteiger partial charge in [0.2, 0.25) is 0 Å². The summed E-state index contributed by atoms with van der Waals surface area (Å²) in [5.41, 5.74) is 7.77. The van der Waals surface area contributed by atoms with Crippen molar-refractivity contribution in [2.45, 2.75) is 57.8 Å². The number of piperazine rings is 1. The van der Waals surface area contributed by atoms with Crippen LogP contribution < -0.4 is 4.90 Å². The summed E-state index contributed by atoms with van der Waals surface area (Å²) in [7, 11) is 2.09. The van der Waals surface area contributed by atoms with Crippen LogP contribution in [0.3, 0.4) is 0 Å². The Morgan fingerprint density at radius 1 is 1.09 bits per heavy atom. The first kappa shape index (κ1) is 29.3. The highest BCUT2D eigenvalue weighted by molar-refractivity contribution is 6.33. The van der Waals surface area contributed by atoms with E-state index < -0.39 is 5.97 Å². The third kappa shape index (κ3) is 5.38. The van der Waals surface area contributed by atoms with Gasteiger partial charge in [0.15, 0.2) is 0 Å². The molecule has 3 heterocycles. The summed E-state index contributed by atoms with van der Waals surface area (Å²) in [6.07, 6.45) is 3.53. The van der Waals surface area contributed by atoms with Crippen LogP contribution in [0.4, 0.5) is 11.4 Å². The van der Waals surface area contributed by atoms with Crippen LogP contribution in [0, 0.1) is 13.8 Å². The maximum Gasteiger partial charge on any atom is 0.335 e. The molecule has 3 aliphatic rings. The first-order valence-electron chi connectivity index (χ1n) is 15.6. The molecule has 1 atom stereocenters. The molecule has 1 aliphatic carbocycles. The highest BCUT2D eigenvalue weighted by atomic mass is 35.5. The van der Waals surface area contributed by atoms with Crippen molar-refractivity contribution in [2.24, 2.45) is 0 Å². The second-order valence-electron chi connectivity index (χ2n) is 12.7. The first-order valence-corrected chi connectivity index (χ1v) is 16.0. The SMILES string of the molecule is Cc1ccc(N(C)c2cccc(C3(N4CCN(Cc5nc6c(C)cc(C(=O)O)cc6n5C[C@@H]5CCO5)CC4)CC3)c2)c(Cl)c1. The van der Waals surface area contributed by atoms with E-state index in [0.717, 1.165) is 90.1 Å². The summed E-state index contributed by atoms with van der Waals surface area (Å²) in [4.78, 5) is 24.2. The van der Waals surface area contributed by atoms with Gasteiger partial charge in [0.1, 0.15) is 5.82 Å². The lowest BCUT2D eigenvalue weighted by molar-refractivity contribution is -0.0592. The molecule has 0 bridgehead atoms. The summed E-state index contributed by atoms with van der Waals surface area (Å²) >= 11 is 6.61.